The second-order valence-electron chi connectivity index (χ2n) is 4.98. The number of piperidine rings is 1. The molecule has 1 saturated heterocycles. The molecule has 1 saturated carbocycles. The van der Waals surface area contributed by atoms with E-state index in [0.29, 0.717) is 5.54 Å². The molecule has 2 rings (SSSR count). The highest BCUT2D eigenvalue weighted by atomic mass is 15.2. The molecule has 0 aromatic heterocycles. The Morgan fingerprint density at radius 2 is 1.86 bits per heavy atom. The molecule has 0 aromatic rings. The van der Waals surface area contributed by atoms with Crippen LogP contribution >= 0.6 is 0 Å². The zero-order valence-electron chi connectivity index (χ0n) is 9.47. The van der Waals surface area contributed by atoms with Crippen LogP contribution < -0.4 is 5.73 Å². The van der Waals surface area contributed by atoms with Gasteiger partial charge in [0.2, 0.25) is 0 Å². The molecule has 0 radical (unpaired) electrons. The van der Waals surface area contributed by atoms with Gasteiger partial charge in [-0.15, -0.1) is 0 Å². The van der Waals surface area contributed by atoms with Gasteiger partial charge in [0.05, 0.1) is 0 Å². The van der Waals surface area contributed by atoms with Crippen molar-refractivity contribution < 1.29 is 0 Å². The molecule has 0 amide bonds. The van der Waals surface area contributed by atoms with Crippen molar-refractivity contribution in [1.29, 1.82) is 0 Å². The van der Waals surface area contributed by atoms with Crippen LogP contribution in [0.3, 0.4) is 0 Å². The van der Waals surface area contributed by atoms with Crippen LogP contribution in [0.25, 0.3) is 0 Å². The first-order chi connectivity index (χ1) is 6.83. The van der Waals surface area contributed by atoms with Crippen LogP contribution in [0.5, 0.6) is 0 Å². The molecule has 1 aliphatic carbocycles. The second-order valence-corrected chi connectivity index (χ2v) is 4.98. The van der Waals surface area contributed by atoms with E-state index in [1.807, 2.05) is 0 Å². The van der Waals surface area contributed by atoms with E-state index in [2.05, 4.69) is 11.8 Å². The predicted molar refractivity (Wildman–Crippen MR) is 60.2 cm³/mol. The molecule has 82 valence electrons. The van der Waals surface area contributed by atoms with Crippen LogP contribution in [0, 0.1) is 5.92 Å². The van der Waals surface area contributed by atoms with Gasteiger partial charge in [-0.2, -0.15) is 0 Å². The molecule has 1 unspecified atom stereocenters. The highest BCUT2D eigenvalue weighted by Gasteiger charge is 2.46. The van der Waals surface area contributed by atoms with Crippen molar-refractivity contribution in [3.05, 3.63) is 0 Å². The maximum atomic E-state index is 6.05. The summed E-state index contributed by atoms with van der Waals surface area (Å²) in [5.74, 6) is 0.913. The van der Waals surface area contributed by atoms with E-state index >= 15 is 0 Å². The Balaban J connectivity index is 2.06. The smallest absolute Gasteiger partial charge is 0.0357 e. The third kappa shape index (κ3) is 1.70. The van der Waals surface area contributed by atoms with Gasteiger partial charge in [-0.3, -0.25) is 4.90 Å². The Hall–Kier alpha value is -0.0800. The highest BCUT2D eigenvalue weighted by molar-refractivity contribution is 5.03. The molecule has 0 aromatic carbocycles. The third-order valence-electron chi connectivity index (χ3n) is 4.29. The Bertz CT molecular complexity index is 177. The van der Waals surface area contributed by atoms with Gasteiger partial charge in [-0.05, 0) is 51.1 Å². The van der Waals surface area contributed by atoms with E-state index in [1.165, 1.54) is 51.6 Å². The average Bonchev–Trinajstić information content (AvgIpc) is 3.07. The minimum atomic E-state index is 0.375. The van der Waals surface area contributed by atoms with E-state index in [0.717, 1.165) is 12.5 Å². The second kappa shape index (κ2) is 4.19. The Labute approximate surface area is 87.8 Å². The summed E-state index contributed by atoms with van der Waals surface area (Å²) >= 11 is 0. The molecule has 2 nitrogen and oxygen atoms in total. The van der Waals surface area contributed by atoms with Gasteiger partial charge in [0, 0.05) is 12.1 Å². The third-order valence-corrected chi connectivity index (χ3v) is 4.29. The number of hydrogen-bond acceptors (Lipinski definition) is 2. The lowest BCUT2D eigenvalue weighted by molar-refractivity contribution is 0.0497. The monoisotopic (exact) mass is 196 g/mol. The van der Waals surface area contributed by atoms with Crippen molar-refractivity contribution in [1.82, 2.24) is 4.90 Å². The maximum absolute atomic E-state index is 6.05. The summed E-state index contributed by atoms with van der Waals surface area (Å²) in [5.41, 5.74) is 6.42. The molecule has 0 bridgehead atoms. The van der Waals surface area contributed by atoms with E-state index in [1.54, 1.807) is 0 Å². The molecule has 2 fully saturated rings. The number of nitrogens with zero attached hydrogens (tertiary/aromatic N) is 1. The van der Waals surface area contributed by atoms with Crippen molar-refractivity contribution in [2.75, 3.05) is 19.6 Å². The van der Waals surface area contributed by atoms with E-state index < -0.39 is 0 Å². The molecule has 1 atom stereocenters. The molecular formula is C12H24N2. The molecule has 14 heavy (non-hydrogen) atoms. The Morgan fingerprint density at radius 1 is 1.21 bits per heavy atom. The van der Waals surface area contributed by atoms with Gasteiger partial charge in [-0.1, -0.05) is 13.3 Å². The summed E-state index contributed by atoms with van der Waals surface area (Å²) in [7, 11) is 0. The van der Waals surface area contributed by atoms with E-state index in [-0.39, 0.29) is 0 Å². The van der Waals surface area contributed by atoms with Gasteiger partial charge in [0.15, 0.2) is 0 Å². The van der Waals surface area contributed by atoms with Crippen LogP contribution in [0.1, 0.15) is 45.4 Å². The fraction of sp³-hybridized carbons (Fsp3) is 1.00. The van der Waals surface area contributed by atoms with Gasteiger partial charge < -0.3 is 5.73 Å². The summed E-state index contributed by atoms with van der Waals surface area (Å²) in [5, 5.41) is 0. The van der Waals surface area contributed by atoms with E-state index in [4.69, 9.17) is 5.73 Å². The molecule has 1 aliphatic heterocycles. The normalized spacial score (nSPS) is 28.7. The maximum Gasteiger partial charge on any atom is 0.0357 e. The van der Waals surface area contributed by atoms with Crippen molar-refractivity contribution in [2.45, 2.75) is 51.0 Å². The Morgan fingerprint density at radius 3 is 2.29 bits per heavy atom. The fourth-order valence-corrected chi connectivity index (χ4v) is 3.17. The topological polar surface area (TPSA) is 29.3 Å². The van der Waals surface area contributed by atoms with Crippen LogP contribution in [0.4, 0.5) is 0 Å². The lowest BCUT2D eigenvalue weighted by Crippen LogP contribution is -2.56. The number of nitrogens with two attached hydrogens (primary N) is 1. The summed E-state index contributed by atoms with van der Waals surface area (Å²) in [6, 6.07) is 0. The zero-order valence-corrected chi connectivity index (χ0v) is 9.47. The summed E-state index contributed by atoms with van der Waals surface area (Å²) in [6.45, 7) is 5.77. The zero-order chi connectivity index (χ0) is 10.0. The molecule has 2 aliphatic rings. The summed E-state index contributed by atoms with van der Waals surface area (Å²) < 4.78 is 0. The lowest BCUT2D eigenvalue weighted by Gasteiger charge is -2.45. The highest BCUT2D eigenvalue weighted by Crippen LogP contribution is 2.45. The van der Waals surface area contributed by atoms with Crippen LogP contribution in [0.15, 0.2) is 0 Å². The standard InChI is InChI=1S/C12H24N2/c1-2-12(10-13,11-6-7-11)14-8-4-3-5-9-14/h11H,2-10,13H2,1H3. The number of rotatable bonds is 4. The number of hydrogen-bond donors (Lipinski definition) is 1. The van der Waals surface area contributed by atoms with Gasteiger partial charge in [0.1, 0.15) is 0 Å². The first-order valence-electron chi connectivity index (χ1n) is 6.28. The SMILES string of the molecule is CCC(CN)(C1CC1)N1CCCCC1. The van der Waals surface area contributed by atoms with Crippen LogP contribution in [0.2, 0.25) is 0 Å². The summed E-state index contributed by atoms with van der Waals surface area (Å²) in [4.78, 5) is 2.70. The summed E-state index contributed by atoms with van der Waals surface area (Å²) in [6.07, 6.45) is 8.27. The average molecular weight is 196 g/mol. The molecule has 0 spiro atoms. The fourth-order valence-electron chi connectivity index (χ4n) is 3.17. The first-order valence-corrected chi connectivity index (χ1v) is 6.28. The molecule has 2 N–H and O–H groups in total. The molecule has 1 heterocycles. The van der Waals surface area contributed by atoms with Crippen molar-refractivity contribution in [2.24, 2.45) is 11.7 Å². The number of likely N-dealkylation sites (tertiary alicyclic amines) is 1. The Kier molecular flexibility index (Phi) is 3.13. The first kappa shape index (κ1) is 10.4. The lowest BCUT2D eigenvalue weighted by atomic mass is 9.86. The largest absolute Gasteiger partial charge is 0.329 e. The minimum Gasteiger partial charge on any atom is -0.329 e. The minimum absolute atomic E-state index is 0.375. The van der Waals surface area contributed by atoms with Crippen LogP contribution in [-0.2, 0) is 0 Å². The van der Waals surface area contributed by atoms with Gasteiger partial charge in [0.25, 0.3) is 0 Å². The van der Waals surface area contributed by atoms with Crippen molar-refractivity contribution in [3.8, 4) is 0 Å². The van der Waals surface area contributed by atoms with Crippen LogP contribution in [-0.4, -0.2) is 30.1 Å². The quantitative estimate of drug-likeness (QED) is 0.745. The van der Waals surface area contributed by atoms with Gasteiger partial charge in [-0.25, -0.2) is 0 Å². The van der Waals surface area contributed by atoms with E-state index in [9.17, 15) is 0 Å². The van der Waals surface area contributed by atoms with Crippen molar-refractivity contribution in [3.63, 3.8) is 0 Å². The predicted octanol–water partition coefficient (Wildman–Crippen LogP) is 1.99. The van der Waals surface area contributed by atoms with Crippen molar-refractivity contribution >= 4 is 0 Å². The molecular weight excluding hydrogens is 172 g/mol. The van der Waals surface area contributed by atoms with Gasteiger partial charge >= 0.3 is 0 Å². The molecule has 2 heteroatoms.